The maximum Gasteiger partial charge on any atom is 0.263 e. The largest absolute Gasteiger partial charge is 0.348 e. The van der Waals surface area contributed by atoms with Crippen LogP contribution in [0.4, 0.5) is 5.69 Å². The third-order valence-electron chi connectivity index (χ3n) is 5.45. The fourth-order valence-electron chi connectivity index (χ4n) is 3.51. The molecule has 170 valence electrons. The van der Waals surface area contributed by atoms with Crippen LogP contribution in [0.15, 0.2) is 58.4 Å². The first-order chi connectivity index (χ1) is 15.1. The van der Waals surface area contributed by atoms with E-state index in [9.17, 15) is 18.0 Å². The Bertz CT molecular complexity index is 1160. The van der Waals surface area contributed by atoms with Crippen molar-refractivity contribution in [1.29, 1.82) is 0 Å². The van der Waals surface area contributed by atoms with Gasteiger partial charge in [-0.15, -0.1) is 0 Å². The van der Waals surface area contributed by atoms with E-state index in [1.807, 2.05) is 26.8 Å². The Labute approximate surface area is 188 Å². The average Bonchev–Trinajstić information content (AvgIpc) is 3.01. The molecule has 2 amide bonds. The standard InChI is InChI=1S/C23H28N4O4S/c1-5-14(2)21(26-22-19-11-6-7-12-20(19)32(30,31)27-22)23(29)24-15(3)17-9-8-10-18(13-17)25-16(4)28/h6-15,21H,5H2,1-4H3,(H,24,29)(H,25,28)(H,26,27)/t14-,15?,21-/m0/s1. The van der Waals surface area contributed by atoms with E-state index >= 15 is 0 Å². The average molecular weight is 457 g/mol. The summed E-state index contributed by atoms with van der Waals surface area (Å²) in [5.74, 6) is -0.405. The number of carbonyl (C=O) groups is 2. The number of hydrogen-bond acceptors (Lipinski definition) is 5. The minimum absolute atomic E-state index is 0.113. The molecule has 0 aromatic heterocycles. The van der Waals surface area contributed by atoms with Crippen LogP contribution in [0.1, 0.15) is 51.3 Å². The molecule has 1 unspecified atom stereocenters. The first kappa shape index (κ1) is 23.5. The second-order valence-electron chi connectivity index (χ2n) is 7.95. The molecule has 0 saturated heterocycles. The zero-order chi connectivity index (χ0) is 23.5. The Balaban J connectivity index is 1.85. The number of nitrogens with one attached hydrogen (secondary N) is 3. The van der Waals surface area contributed by atoms with Gasteiger partial charge in [0.1, 0.15) is 11.9 Å². The molecule has 0 bridgehead atoms. The van der Waals surface area contributed by atoms with E-state index < -0.39 is 16.1 Å². The number of fused-ring (bicyclic) bond motifs is 1. The molecule has 0 aliphatic carbocycles. The maximum atomic E-state index is 13.2. The summed E-state index contributed by atoms with van der Waals surface area (Å²) in [4.78, 5) is 29.2. The summed E-state index contributed by atoms with van der Waals surface area (Å²) in [5.41, 5.74) is 1.93. The highest BCUT2D eigenvalue weighted by molar-refractivity contribution is 7.90. The van der Waals surface area contributed by atoms with Gasteiger partial charge in [0.15, 0.2) is 0 Å². The third kappa shape index (κ3) is 5.16. The lowest BCUT2D eigenvalue weighted by Crippen LogP contribution is -2.40. The molecule has 3 rings (SSSR count). The molecule has 2 aromatic rings. The Kier molecular flexibility index (Phi) is 6.98. The maximum absolute atomic E-state index is 13.2. The van der Waals surface area contributed by atoms with Gasteiger partial charge < -0.3 is 10.6 Å². The molecule has 0 fully saturated rings. The predicted octanol–water partition coefficient (Wildman–Crippen LogP) is 2.98. The Morgan fingerprint density at radius 3 is 2.50 bits per heavy atom. The van der Waals surface area contributed by atoms with E-state index in [1.54, 1.807) is 36.4 Å². The van der Waals surface area contributed by atoms with E-state index in [4.69, 9.17) is 0 Å². The number of anilines is 1. The van der Waals surface area contributed by atoms with Crippen molar-refractivity contribution in [1.82, 2.24) is 10.0 Å². The number of aliphatic imine (C=N–C) groups is 1. The minimum Gasteiger partial charge on any atom is -0.348 e. The number of amidine groups is 1. The monoisotopic (exact) mass is 456 g/mol. The van der Waals surface area contributed by atoms with Crippen LogP contribution >= 0.6 is 0 Å². The molecule has 8 nitrogen and oxygen atoms in total. The highest BCUT2D eigenvalue weighted by Crippen LogP contribution is 2.25. The highest BCUT2D eigenvalue weighted by Gasteiger charge is 2.33. The van der Waals surface area contributed by atoms with Crippen molar-refractivity contribution >= 4 is 33.4 Å². The second kappa shape index (κ2) is 9.52. The molecule has 1 aliphatic heterocycles. The number of amides is 2. The van der Waals surface area contributed by atoms with Crippen molar-refractivity contribution in [3.05, 3.63) is 59.7 Å². The van der Waals surface area contributed by atoms with Crippen molar-refractivity contribution in [3.8, 4) is 0 Å². The van der Waals surface area contributed by atoms with Gasteiger partial charge in [0.05, 0.1) is 10.9 Å². The molecule has 3 atom stereocenters. The van der Waals surface area contributed by atoms with Crippen LogP contribution in [0, 0.1) is 5.92 Å². The summed E-state index contributed by atoms with van der Waals surface area (Å²) in [7, 11) is -3.69. The quantitative estimate of drug-likeness (QED) is 0.594. The zero-order valence-corrected chi connectivity index (χ0v) is 19.4. The molecule has 0 spiro atoms. The molecule has 32 heavy (non-hydrogen) atoms. The number of sulfonamides is 1. The second-order valence-corrected chi connectivity index (χ2v) is 9.60. The van der Waals surface area contributed by atoms with Crippen molar-refractivity contribution in [2.45, 2.75) is 51.1 Å². The van der Waals surface area contributed by atoms with E-state index in [2.05, 4.69) is 20.3 Å². The van der Waals surface area contributed by atoms with Crippen LogP contribution in [-0.4, -0.2) is 32.1 Å². The Hall–Kier alpha value is -3.20. The molecule has 1 aliphatic rings. The van der Waals surface area contributed by atoms with Crippen LogP contribution in [0.25, 0.3) is 0 Å². The molecular weight excluding hydrogens is 428 g/mol. The molecule has 1 heterocycles. The summed E-state index contributed by atoms with van der Waals surface area (Å²) in [5, 5.41) is 5.70. The van der Waals surface area contributed by atoms with Crippen molar-refractivity contribution in [3.63, 3.8) is 0 Å². The van der Waals surface area contributed by atoms with Crippen LogP contribution in [0.3, 0.4) is 0 Å². The van der Waals surface area contributed by atoms with E-state index in [0.29, 0.717) is 17.7 Å². The lowest BCUT2D eigenvalue weighted by atomic mass is 9.97. The number of rotatable bonds is 7. The van der Waals surface area contributed by atoms with E-state index in [1.165, 1.54) is 13.0 Å². The summed E-state index contributed by atoms with van der Waals surface area (Å²) in [6.07, 6.45) is 0.690. The Morgan fingerprint density at radius 2 is 1.81 bits per heavy atom. The smallest absolute Gasteiger partial charge is 0.263 e. The number of carbonyl (C=O) groups excluding carboxylic acids is 2. The van der Waals surface area contributed by atoms with Gasteiger partial charge in [-0.25, -0.2) is 8.42 Å². The van der Waals surface area contributed by atoms with Crippen molar-refractivity contribution in [2.24, 2.45) is 10.9 Å². The first-order valence-corrected chi connectivity index (χ1v) is 12.0. The van der Waals surface area contributed by atoms with Gasteiger partial charge >= 0.3 is 0 Å². The summed E-state index contributed by atoms with van der Waals surface area (Å²) in [6.45, 7) is 7.15. The lowest BCUT2D eigenvalue weighted by Gasteiger charge is -2.22. The minimum atomic E-state index is -3.69. The van der Waals surface area contributed by atoms with Gasteiger partial charge in [-0.1, -0.05) is 44.5 Å². The van der Waals surface area contributed by atoms with Gasteiger partial charge in [0.2, 0.25) is 11.8 Å². The van der Waals surface area contributed by atoms with Crippen LogP contribution in [-0.2, 0) is 19.6 Å². The Morgan fingerprint density at radius 1 is 1.09 bits per heavy atom. The fraction of sp³-hybridized carbons (Fsp3) is 0.348. The molecule has 0 saturated carbocycles. The van der Waals surface area contributed by atoms with Crippen molar-refractivity contribution in [2.75, 3.05) is 5.32 Å². The lowest BCUT2D eigenvalue weighted by molar-refractivity contribution is -0.124. The predicted molar refractivity (Wildman–Crippen MR) is 124 cm³/mol. The normalized spacial score (nSPS) is 18.2. The SMILES string of the molecule is CC[C@H](C)[C@H](N=C1NS(=O)(=O)c2ccccc21)C(=O)NC(C)c1cccc(NC(C)=O)c1. The highest BCUT2D eigenvalue weighted by atomic mass is 32.2. The number of hydrogen-bond donors (Lipinski definition) is 3. The molecule has 2 aromatic carbocycles. The molecule has 9 heteroatoms. The first-order valence-electron chi connectivity index (χ1n) is 10.5. The van der Waals surface area contributed by atoms with Gasteiger partial charge in [-0.3, -0.25) is 19.3 Å². The van der Waals surface area contributed by atoms with Gasteiger partial charge in [-0.05, 0) is 42.7 Å². The number of nitrogens with zero attached hydrogens (tertiary/aromatic N) is 1. The zero-order valence-electron chi connectivity index (χ0n) is 18.5. The van der Waals surface area contributed by atoms with Crippen LogP contribution in [0.2, 0.25) is 0 Å². The van der Waals surface area contributed by atoms with Crippen LogP contribution in [0.5, 0.6) is 0 Å². The van der Waals surface area contributed by atoms with Gasteiger partial charge in [0.25, 0.3) is 10.0 Å². The molecule has 0 radical (unpaired) electrons. The number of benzene rings is 2. The van der Waals surface area contributed by atoms with E-state index in [-0.39, 0.29) is 34.5 Å². The van der Waals surface area contributed by atoms with Gasteiger partial charge in [-0.2, -0.15) is 0 Å². The third-order valence-corrected chi connectivity index (χ3v) is 6.85. The van der Waals surface area contributed by atoms with Crippen molar-refractivity contribution < 1.29 is 18.0 Å². The topological polar surface area (TPSA) is 117 Å². The van der Waals surface area contributed by atoms with Crippen LogP contribution < -0.4 is 15.4 Å². The van der Waals surface area contributed by atoms with Gasteiger partial charge in [0, 0.05) is 18.2 Å². The molecule has 3 N–H and O–H groups in total. The summed E-state index contributed by atoms with van der Waals surface area (Å²) >= 11 is 0. The summed E-state index contributed by atoms with van der Waals surface area (Å²) < 4.78 is 27.3. The summed E-state index contributed by atoms with van der Waals surface area (Å²) in [6, 6.07) is 12.7. The fourth-order valence-corrected chi connectivity index (χ4v) is 4.75. The van der Waals surface area contributed by atoms with E-state index in [0.717, 1.165) is 5.56 Å². The molecular formula is C23H28N4O4S.